The molecule has 72 valence electrons. The number of hydrogen-bond donors (Lipinski definition) is 1. The van der Waals surface area contributed by atoms with E-state index in [1.165, 1.54) is 0 Å². The van der Waals surface area contributed by atoms with E-state index in [0.717, 1.165) is 6.54 Å². The largest absolute Gasteiger partial charge is 0.481 e. The molecule has 0 heterocycles. The lowest BCUT2D eigenvalue weighted by atomic mass is 10.1. The lowest BCUT2D eigenvalue weighted by molar-refractivity contribution is -0.141. The summed E-state index contributed by atoms with van der Waals surface area (Å²) in [5.74, 6) is -0.985. The molecule has 0 bridgehead atoms. The molecule has 0 rings (SSSR count). The Morgan fingerprint density at radius 1 is 1.42 bits per heavy atom. The molecule has 3 nitrogen and oxygen atoms in total. The van der Waals surface area contributed by atoms with Gasteiger partial charge in [0, 0.05) is 12.6 Å². The second-order valence-corrected chi connectivity index (χ2v) is 3.42. The van der Waals surface area contributed by atoms with Crippen LogP contribution < -0.4 is 0 Å². The number of nitrogens with zero attached hydrogens (tertiary/aromatic N) is 1. The SMILES string of the molecule is CCN(CC(C)C(=O)O)C(C)C. The van der Waals surface area contributed by atoms with E-state index in [1.54, 1.807) is 6.92 Å². The Morgan fingerprint density at radius 2 is 1.92 bits per heavy atom. The van der Waals surface area contributed by atoms with Crippen molar-refractivity contribution in [2.24, 2.45) is 5.92 Å². The number of carbonyl (C=O) groups is 1. The quantitative estimate of drug-likeness (QED) is 0.684. The van der Waals surface area contributed by atoms with E-state index in [9.17, 15) is 4.79 Å². The number of hydrogen-bond acceptors (Lipinski definition) is 2. The highest BCUT2D eigenvalue weighted by Crippen LogP contribution is 2.03. The van der Waals surface area contributed by atoms with Crippen LogP contribution >= 0.6 is 0 Å². The van der Waals surface area contributed by atoms with Crippen molar-refractivity contribution in [3.63, 3.8) is 0 Å². The lowest BCUT2D eigenvalue weighted by Gasteiger charge is -2.26. The molecule has 0 aromatic carbocycles. The molecule has 3 heteroatoms. The number of carboxylic acids is 1. The summed E-state index contributed by atoms with van der Waals surface area (Å²) in [7, 11) is 0. The second kappa shape index (κ2) is 5.14. The van der Waals surface area contributed by atoms with Gasteiger partial charge < -0.3 is 10.0 Å². The first-order valence-electron chi connectivity index (χ1n) is 4.45. The molecule has 0 spiro atoms. The highest BCUT2D eigenvalue weighted by molar-refractivity contribution is 5.69. The van der Waals surface area contributed by atoms with E-state index in [4.69, 9.17) is 5.11 Å². The molecule has 0 aromatic heterocycles. The van der Waals surface area contributed by atoms with Crippen LogP contribution in [0.2, 0.25) is 0 Å². The Bertz CT molecular complexity index is 145. The van der Waals surface area contributed by atoms with Gasteiger partial charge in [0.25, 0.3) is 0 Å². The van der Waals surface area contributed by atoms with Gasteiger partial charge in [0.15, 0.2) is 0 Å². The smallest absolute Gasteiger partial charge is 0.307 e. The van der Waals surface area contributed by atoms with Crippen molar-refractivity contribution in [2.75, 3.05) is 13.1 Å². The predicted octanol–water partition coefficient (Wildman–Crippen LogP) is 1.44. The third-order valence-electron chi connectivity index (χ3n) is 2.07. The maximum Gasteiger partial charge on any atom is 0.307 e. The topological polar surface area (TPSA) is 40.5 Å². The van der Waals surface area contributed by atoms with Crippen molar-refractivity contribution < 1.29 is 9.90 Å². The number of aliphatic carboxylic acids is 1. The molecular formula is C9H19NO2. The van der Waals surface area contributed by atoms with Crippen molar-refractivity contribution in [1.29, 1.82) is 0 Å². The van der Waals surface area contributed by atoms with Gasteiger partial charge in [0.1, 0.15) is 0 Å². The van der Waals surface area contributed by atoms with Crippen LogP contribution in [0.1, 0.15) is 27.7 Å². The molecule has 1 N–H and O–H groups in total. The zero-order valence-corrected chi connectivity index (χ0v) is 8.37. The molecule has 0 aliphatic carbocycles. The van der Waals surface area contributed by atoms with E-state index in [-0.39, 0.29) is 5.92 Å². The van der Waals surface area contributed by atoms with Gasteiger partial charge in [-0.1, -0.05) is 13.8 Å². The van der Waals surface area contributed by atoms with Crippen molar-refractivity contribution in [2.45, 2.75) is 33.7 Å². The van der Waals surface area contributed by atoms with Gasteiger partial charge in [-0.05, 0) is 20.4 Å². The third kappa shape index (κ3) is 3.72. The zero-order chi connectivity index (χ0) is 9.72. The standard InChI is InChI=1S/C9H19NO2/c1-5-10(7(2)3)6-8(4)9(11)12/h7-8H,5-6H2,1-4H3,(H,11,12). The van der Waals surface area contributed by atoms with Crippen LogP contribution in [0.5, 0.6) is 0 Å². The summed E-state index contributed by atoms with van der Waals surface area (Å²) in [6.45, 7) is 9.51. The maximum atomic E-state index is 10.5. The van der Waals surface area contributed by atoms with Gasteiger partial charge >= 0.3 is 5.97 Å². The normalized spacial score (nSPS) is 13.8. The van der Waals surface area contributed by atoms with Gasteiger partial charge in [-0.25, -0.2) is 0 Å². The Morgan fingerprint density at radius 3 is 2.17 bits per heavy atom. The summed E-state index contributed by atoms with van der Waals surface area (Å²) < 4.78 is 0. The minimum atomic E-state index is -0.714. The van der Waals surface area contributed by atoms with Gasteiger partial charge in [-0.3, -0.25) is 4.79 Å². The van der Waals surface area contributed by atoms with Gasteiger partial charge in [0.2, 0.25) is 0 Å². The first-order chi connectivity index (χ1) is 5.49. The van der Waals surface area contributed by atoms with Gasteiger partial charge in [0.05, 0.1) is 5.92 Å². The fourth-order valence-electron chi connectivity index (χ4n) is 1.13. The molecule has 0 saturated carbocycles. The number of carboxylic acid groups (broad SMARTS) is 1. The molecule has 0 fully saturated rings. The van der Waals surface area contributed by atoms with Crippen LogP contribution in [0.25, 0.3) is 0 Å². The van der Waals surface area contributed by atoms with Crippen LogP contribution in [-0.4, -0.2) is 35.1 Å². The van der Waals surface area contributed by atoms with Crippen LogP contribution in [0, 0.1) is 5.92 Å². The molecule has 0 saturated heterocycles. The molecule has 1 unspecified atom stereocenters. The minimum absolute atomic E-state index is 0.271. The van der Waals surface area contributed by atoms with Crippen molar-refractivity contribution in [1.82, 2.24) is 4.90 Å². The van der Waals surface area contributed by atoms with E-state index >= 15 is 0 Å². The molecule has 0 aliphatic rings. The van der Waals surface area contributed by atoms with Gasteiger partial charge in [-0.15, -0.1) is 0 Å². The Balaban J connectivity index is 3.93. The average molecular weight is 173 g/mol. The van der Waals surface area contributed by atoms with E-state index in [2.05, 4.69) is 25.7 Å². The molecule has 12 heavy (non-hydrogen) atoms. The highest BCUT2D eigenvalue weighted by atomic mass is 16.4. The summed E-state index contributed by atoms with van der Waals surface area (Å²) in [6.07, 6.45) is 0. The minimum Gasteiger partial charge on any atom is -0.481 e. The first kappa shape index (κ1) is 11.4. The summed E-state index contributed by atoms with van der Waals surface area (Å²) in [5, 5.41) is 8.68. The fourth-order valence-corrected chi connectivity index (χ4v) is 1.13. The van der Waals surface area contributed by atoms with Crippen molar-refractivity contribution >= 4 is 5.97 Å². The molecular weight excluding hydrogens is 154 g/mol. The van der Waals surface area contributed by atoms with E-state index in [1.807, 2.05) is 0 Å². The van der Waals surface area contributed by atoms with Crippen LogP contribution in [-0.2, 0) is 4.79 Å². The summed E-state index contributed by atoms with van der Waals surface area (Å²) in [5.41, 5.74) is 0. The van der Waals surface area contributed by atoms with Crippen LogP contribution in [0.4, 0.5) is 0 Å². The summed E-state index contributed by atoms with van der Waals surface area (Å²) in [6, 6.07) is 0.428. The molecule has 0 radical (unpaired) electrons. The molecule has 1 atom stereocenters. The van der Waals surface area contributed by atoms with E-state index in [0.29, 0.717) is 12.6 Å². The first-order valence-corrected chi connectivity index (χ1v) is 4.45. The summed E-state index contributed by atoms with van der Waals surface area (Å²) in [4.78, 5) is 12.7. The molecule has 0 aromatic rings. The molecule has 0 aliphatic heterocycles. The highest BCUT2D eigenvalue weighted by Gasteiger charge is 2.16. The Hall–Kier alpha value is -0.570. The van der Waals surface area contributed by atoms with Crippen molar-refractivity contribution in [3.8, 4) is 0 Å². The maximum absolute atomic E-state index is 10.5. The Kier molecular flexibility index (Phi) is 4.90. The summed E-state index contributed by atoms with van der Waals surface area (Å²) >= 11 is 0. The third-order valence-corrected chi connectivity index (χ3v) is 2.07. The predicted molar refractivity (Wildman–Crippen MR) is 49.2 cm³/mol. The van der Waals surface area contributed by atoms with Crippen LogP contribution in [0.3, 0.4) is 0 Å². The van der Waals surface area contributed by atoms with Crippen LogP contribution in [0.15, 0.2) is 0 Å². The lowest BCUT2D eigenvalue weighted by Crippen LogP contribution is -2.36. The van der Waals surface area contributed by atoms with Gasteiger partial charge in [-0.2, -0.15) is 0 Å². The Labute approximate surface area is 74.4 Å². The van der Waals surface area contributed by atoms with Crippen molar-refractivity contribution in [3.05, 3.63) is 0 Å². The second-order valence-electron chi connectivity index (χ2n) is 3.42. The number of rotatable bonds is 5. The van der Waals surface area contributed by atoms with E-state index < -0.39 is 5.97 Å². The average Bonchev–Trinajstić information content (AvgIpc) is 1.98. The zero-order valence-electron chi connectivity index (χ0n) is 8.37. The monoisotopic (exact) mass is 173 g/mol. The molecule has 0 amide bonds. The fraction of sp³-hybridized carbons (Fsp3) is 0.889.